The molecule has 2 heteroatoms. The van der Waals surface area contributed by atoms with E-state index >= 15 is 0 Å². The maximum absolute atomic E-state index is 2.53. The topological polar surface area (TPSA) is 3.24 Å². The summed E-state index contributed by atoms with van der Waals surface area (Å²) in [5, 5.41) is 2.55. The molecular formula is C54H37NS. The Balaban J connectivity index is 1.28. The highest BCUT2D eigenvalue weighted by atomic mass is 32.1. The number of fused-ring (bicyclic) bond motifs is 3. The fraction of sp³-hybridized carbons (Fsp3) is 0. The third-order valence-electron chi connectivity index (χ3n) is 10.7. The highest BCUT2D eigenvalue weighted by Crippen LogP contribution is 2.52. The van der Waals surface area contributed by atoms with Crippen molar-refractivity contribution in [3.8, 4) is 55.6 Å². The van der Waals surface area contributed by atoms with Gasteiger partial charge in [0.05, 0.1) is 21.8 Å². The molecule has 0 unspecified atom stereocenters. The smallest absolute Gasteiger partial charge is 0.0640 e. The molecule has 0 saturated heterocycles. The van der Waals surface area contributed by atoms with E-state index in [2.05, 4.69) is 229 Å². The van der Waals surface area contributed by atoms with Gasteiger partial charge in [-0.15, -0.1) is 11.3 Å². The Kier molecular flexibility index (Phi) is 8.79. The molecule has 10 aromatic rings. The zero-order valence-electron chi connectivity index (χ0n) is 30.7. The molecule has 0 N–H and O–H groups in total. The Morgan fingerprint density at radius 1 is 0.268 bits per heavy atom. The van der Waals surface area contributed by atoms with Crippen molar-refractivity contribution in [1.82, 2.24) is 0 Å². The van der Waals surface area contributed by atoms with Crippen molar-refractivity contribution in [2.24, 2.45) is 0 Å². The van der Waals surface area contributed by atoms with Crippen molar-refractivity contribution in [2.45, 2.75) is 0 Å². The van der Waals surface area contributed by atoms with Gasteiger partial charge in [0.1, 0.15) is 0 Å². The van der Waals surface area contributed by atoms with Crippen molar-refractivity contribution in [3.63, 3.8) is 0 Å². The summed E-state index contributed by atoms with van der Waals surface area (Å²) in [4.78, 5) is 2.53. The summed E-state index contributed by atoms with van der Waals surface area (Å²) in [6.07, 6.45) is 0. The Hall–Kier alpha value is -7.00. The van der Waals surface area contributed by atoms with E-state index < -0.39 is 0 Å². The van der Waals surface area contributed by atoms with Gasteiger partial charge in [-0.05, 0) is 68.8 Å². The van der Waals surface area contributed by atoms with Gasteiger partial charge in [0, 0.05) is 26.6 Å². The van der Waals surface area contributed by atoms with E-state index in [9.17, 15) is 0 Å². The summed E-state index contributed by atoms with van der Waals surface area (Å²) in [5.41, 5.74) is 15.3. The summed E-state index contributed by atoms with van der Waals surface area (Å²) in [7, 11) is 0. The van der Waals surface area contributed by atoms with E-state index in [4.69, 9.17) is 0 Å². The monoisotopic (exact) mass is 731 g/mol. The van der Waals surface area contributed by atoms with Gasteiger partial charge in [-0.3, -0.25) is 0 Å². The lowest BCUT2D eigenvalue weighted by Gasteiger charge is -2.32. The maximum Gasteiger partial charge on any atom is 0.0640 e. The summed E-state index contributed by atoms with van der Waals surface area (Å²) >= 11 is 1.87. The number of para-hydroxylation sites is 1. The van der Waals surface area contributed by atoms with E-state index in [1.165, 1.54) is 70.2 Å². The molecule has 1 nitrogen and oxygen atoms in total. The number of rotatable bonds is 8. The number of thiophene rings is 1. The first-order chi connectivity index (χ1) is 27.8. The molecule has 1 heterocycles. The van der Waals surface area contributed by atoms with Crippen LogP contribution in [0, 0.1) is 0 Å². The fourth-order valence-corrected chi connectivity index (χ4v) is 9.33. The van der Waals surface area contributed by atoms with E-state index in [-0.39, 0.29) is 0 Å². The minimum Gasteiger partial charge on any atom is -0.308 e. The lowest BCUT2D eigenvalue weighted by atomic mass is 9.87. The normalized spacial score (nSPS) is 11.2. The molecule has 0 aliphatic rings. The van der Waals surface area contributed by atoms with Crippen molar-refractivity contribution in [1.29, 1.82) is 0 Å². The SMILES string of the molecule is c1ccc(-c2ccc(-c3ccccc3N(c3cccc(-c4ccccc4)c3-c3ccccc3-c3ccccc3)c3cccc4c3sc3ccccc34)cc2)cc1. The number of hydrogen-bond donors (Lipinski definition) is 0. The molecular weight excluding hydrogens is 695 g/mol. The van der Waals surface area contributed by atoms with Gasteiger partial charge in [0.2, 0.25) is 0 Å². The molecule has 0 saturated carbocycles. The lowest BCUT2D eigenvalue weighted by molar-refractivity contribution is 1.30. The van der Waals surface area contributed by atoms with Crippen molar-refractivity contribution >= 4 is 48.6 Å². The predicted molar refractivity (Wildman–Crippen MR) is 241 cm³/mol. The third-order valence-corrected chi connectivity index (χ3v) is 11.9. The molecule has 0 amide bonds. The van der Waals surface area contributed by atoms with Crippen LogP contribution in [0.5, 0.6) is 0 Å². The summed E-state index contributed by atoms with van der Waals surface area (Å²) < 4.78 is 2.54. The van der Waals surface area contributed by atoms with Crippen molar-refractivity contribution in [2.75, 3.05) is 4.90 Å². The van der Waals surface area contributed by atoms with E-state index in [1.807, 2.05) is 11.3 Å². The lowest BCUT2D eigenvalue weighted by Crippen LogP contribution is -2.13. The van der Waals surface area contributed by atoms with Crippen LogP contribution in [0.2, 0.25) is 0 Å². The predicted octanol–water partition coefficient (Wildman–Crippen LogP) is 15.9. The summed E-state index contributed by atoms with van der Waals surface area (Å²) in [6.45, 7) is 0. The van der Waals surface area contributed by atoms with Gasteiger partial charge < -0.3 is 4.90 Å². The van der Waals surface area contributed by atoms with Crippen LogP contribution in [0.1, 0.15) is 0 Å². The van der Waals surface area contributed by atoms with Gasteiger partial charge in [0.15, 0.2) is 0 Å². The second-order valence-corrected chi connectivity index (χ2v) is 15.1. The molecule has 0 fully saturated rings. The highest BCUT2D eigenvalue weighted by molar-refractivity contribution is 7.26. The first kappa shape index (κ1) is 33.6. The number of hydrogen-bond acceptors (Lipinski definition) is 2. The van der Waals surface area contributed by atoms with Crippen molar-refractivity contribution in [3.05, 3.63) is 224 Å². The molecule has 0 aliphatic carbocycles. The fourth-order valence-electron chi connectivity index (χ4n) is 8.12. The molecule has 264 valence electrons. The molecule has 0 atom stereocenters. The average molecular weight is 732 g/mol. The van der Waals surface area contributed by atoms with Crippen LogP contribution < -0.4 is 4.90 Å². The zero-order chi connectivity index (χ0) is 37.3. The Morgan fingerprint density at radius 3 is 1.45 bits per heavy atom. The first-order valence-corrected chi connectivity index (χ1v) is 19.9. The molecule has 56 heavy (non-hydrogen) atoms. The van der Waals surface area contributed by atoms with Gasteiger partial charge in [-0.25, -0.2) is 0 Å². The van der Waals surface area contributed by atoms with Gasteiger partial charge >= 0.3 is 0 Å². The molecule has 10 rings (SSSR count). The van der Waals surface area contributed by atoms with Crippen LogP contribution in [0.25, 0.3) is 75.8 Å². The Morgan fingerprint density at radius 2 is 0.714 bits per heavy atom. The van der Waals surface area contributed by atoms with Crippen molar-refractivity contribution < 1.29 is 0 Å². The van der Waals surface area contributed by atoms with E-state index in [1.54, 1.807) is 0 Å². The number of anilines is 3. The van der Waals surface area contributed by atoms with E-state index in [0.717, 1.165) is 22.6 Å². The van der Waals surface area contributed by atoms with Crippen LogP contribution in [0.15, 0.2) is 224 Å². The Labute approximate surface area is 332 Å². The number of nitrogens with zero attached hydrogens (tertiary/aromatic N) is 1. The van der Waals surface area contributed by atoms with Crippen LogP contribution in [0.3, 0.4) is 0 Å². The molecule has 0 spiro atoms. The van der Waals surface area contributed by atoms with E-state index in [0.29, 0.717) is 0 Å². The van der Waals surface area contributed by atoms with Crippen LogP contribution in [-0.2, 0) is 0 Å². The molecule has 0 aliphatic heterocycles. The highest BCUT2D eigenvalue weighted by Gasteiger charge is 2.26. The first-order valence-electron chi connectivity index (χ1n) is 19.1. The molecule has 1 aromatic heterocycles. The molecule has 9 aromatic carbocycles. The van der Waals surface area contributed by atoms with Gasteiger partial charge in [-0.1, -0.05) is 200 Å². The molecule has 0 radical (unpaired) electrons. The largest absolute Gasteiger partial charge is 0.308 e. The standard InChI is InChI=1S/C54H37NS/c1-4-18-38(19-5-1)39-34-36-42(37-35-39)44-25-12-14-30-49(44)55(51-32-17-29-48-46-26-13-15-33-52(46)56-54(48)51)50-31-16-28-45(41-22-8-3-9-23-41)53(50)47-27-11-10-24-43(47)40-20-6-2-7-21-40/h1-37H. The van der Waals surface area contributed by atoms with Gasteiger partial charge in [0.25, 0.3) is 0 Å². The average Bonchev–Trinajstić information content (AvgIpc) is 3.67. The quantitative estimate of drug-likeness (QED) is 0.150. The van der Waals surface area contributed by atoms with Crippen LogP contribution >= 0.6 is 11.3 Å². The van der Waals surface area contributed by atoms with Gasteiger partial charge in [-0.2, -0.15) is 0 Å². The molecule has 0 bridgehead atoms. The summed E-state index contributed by atoms with van der Waals surface area (Å²) in [5.74, 6) is 0. The Bertz CT molecular complexity index is 2950. The second-order valence-electron chi connectivity index (χ2n) is 14.0. The third kappa shape index (κ3) is 6.07. The van der Waals surface area contributed by atoms with Crippen LogP contribution in [0.4, 0.5) is 17.1 Å². The maximum atomic E-state index is 2.53. The zero-order valence-corrected chi connectivity index (χ0v) is 31.5. The summed E-state index contributed by atoms with van der Waals surface area (Å²) in [6, 6.07) is 81.4. The minimum absolute atomic E-state index is 1.12. The minimum atomic E-state index is 1.12. The van der Waals surface area contributed by atoms with Crippen LogP contribution in [-0.4, -0.2) is 0 Å². The number of benzene rings is 9. The second kappa shape index (κ2) is 14.7.